The van der Waals surface area contributed by atoms with E-state index < -0.39 is 44.7 Å². The Morgan fingerprint density at radius 3 is 1.35 bits per heavy atom. The first-order valence-corrected chi connectivity index (χ1v) is 33.6. The van der Waals surface area contributed by atoms with Crippen molar-refractivity contribution in [1.82, 2.24) is 4.90 Å². The molecule has 2 bridgehead atoms. The number of hydrogen-bond donors (Lipinski definition) is 2. The van der Waals surface area contributed by atoms with Crippen molar-refractivity contribution in [3.8, 4) is 24.2 Å². The van der Waals surface area contributed by atoms with Crippen LogP contribution in [-0.2, 0) is 47.0 Å². The van der Waals surface area contributed by atoms with E-state index in [1.165, 1.54) is 5.56 Å². The molecule has 0 spiro atoms. The Morgan fingerprint density at radius 1 is 0.513 bits per heavy atom. The SMILES string of the molecule is C#Cc1ccc(C#Cc2ccc(N3CCOCCOCCN(Cc4ccc(Cl)cc4)CCOCCOCC3)cc2)cc1.C[C@@H]1O[Si](O)(c2ccc(Br)cc2)O[Si]2(c3ccc(Br)cc3)OC1[C@@H](C)O[Si](O)(c1ccc(Br)cc1)O2. The van der Waals surface area contributed by atoms with E-state index in [-0.39, 0.29) is 0 Å². The van der Waals surface area contributed by atoms with Gasteiger partial charge >= 0.3 is 26.4 Å². The van der Waals surface area contributed by atoms with E-state index in [2.05, 4.69) is 99.6 Å². The van der Waals surface area contributed by atoms with Gasteiger partial charge in [0.1, 0.15) is 0 Å². The molecule has 4 unspecified atom stereocenters. The van der Waals surface area contributed by atoms with Crippen LogP contribution in [0.15, 0.2) is 159 Å². The Bertz CT molecular complexity index is 2850. The van der Waals surface area contributed by atoms with Crippen molar-refractivity contribution in [3.63, 3.8) is 0 Å². The molecular formula is C58H62Br3ClN2O11Si3. The third-order valence-corrected chi connectivity index (χ3v) is 24.2. The topological polar surface area (TPSA) is 130 Å². The summed E-state index contributed by atoms with van der Waals surface area (Å²) in [5.74, 6) is 9.05. The standard InChI is InChI=1S/C35H39ClN2O4.C23H23Br3O7Si3/c1-2-30-3-5-31(6-4-30)7-8-32-11-15-35(16-12-32)38-19-23-41-27-25-39-21-17-37(18-22-40-26-28-42-24-20-38)29-33-9-13-34(36)14-10-33;1-15-23-16(2)30-35(28,21-11-5-18(25)6-12-21)33-36(31-23,22-13-7-19(26)8-14-22)32-34(27,29-15)20-9-3-17(24)4-10-20/h1,3-6,9-16H,17-29H2;3-16,23,27-28H,1-2H3/t;15-,16+,23?,34?,35?,36?. The van der Waals surface area contributed by atoms with E-state index in [0.717, 1.165) is 73.5 Å². The maximum absolute atomic E-state index is 12.0. The molecule has 6 aromatic carbocycles. The van der Waals surface area contributed by atoms with Crippen LogP contribution in [-0.4, -0.2) is 138 Å². The molecule has 6 aromatic rings. The van der Waals surface area contributed by atoms with E-state index in [9.17, 15) is 9.59 Å². The third kappa shape index (κ3) is 17.1. The highest BCUT2D eigenvalue weighted by atomic mass is 79.9. The number of benzene rings is 6. The number of terminal acetylenes is 1. The van der Waals surface area contributed by atoms with Crippen LogP contribution in [0.1, 0.15) is 36.1 Å². The predicted octanol–water partition coefficient (Wildman–Crippen LogP) is 8.16. The molecular weight excluding hydrogens is 1260 g/mol. The fourth-order valence-electron chi connectivity index (χ4n) is 8.71. The minimum Gasteiger partial charge on any atom is -0.387 e. The average Bonchev–Trinajstić information content (AvgIpc) is 3.89. The lowest BCUT2D eigenvalue weighted by atomic mass is 10.1. The van der Waals surface area contributed by atoms with E-state index in [4.69, 9.17) is 58.5 Å². The molecule has 3 heterocycles. The van der Waals surface area contributed by atoms with Crippen molar-refractivity contribution >= 4 is 107 Å². The van der Waals surface area contributed by atoms with Gasteiger partial charge in [0.25, 0.3) is 0 Å². The Labute approximate surface area is 491 Å². The number of halogens is 4. The molecule has 0 radical (unpaired) electrons. The van der Waals surface area contributed by atoms with E-state index in [0.29, 0.717) is 68.4 Å². The first-order chi connectivity index (χ1) is 37.7. The highest BCUT2D eigenvalue weighted by molar-refractivity contribution is 9.11. The zero-order valence-electron chi connectivity index (χ0n) is 43.3. The maximum atomic E-state index is 12.0. The summed E-state index contributed by atoms with van der Waals surface area (Å²) in [5.41, 5.74) is 5.06. The summed E-state index contributed by atoms with van der Waals surface area (Å²) in [6.45, 7) is 12.3. The second-order valence-electron chi connectivity index (χ2n) is 18.5. The van der Waals surface area contributed by atoms with E-state index >= 15 is 0 Å². The molecule has 0 aliphatic carbocycles. The van der Waals surface area contributed by atoms with Crippen LogP contribution in [0.3, 0.4) is 0 Å². The lowest BCUT2D eigenvalue weighted by molar-refractivity contribution is -0.0170. The van der Waals surface area contributed by atoms with Crippen molar-refractivity contribution < 1.29 is 50.0 Å². The van der Waals surface area contributed by atoms with Crippen LogP contribution in [0.4, 0.5) is 5.69 Å². The summed E-state index contributed by atoms with van der Waals surface area (Å²) in [7, 11) is -12.3. The summed E-state index contributed by atoms with van der Waals surface area (Å²) < 4.78 is 58.4. The molecule has 3 aliphatic heterocycles. The molecule has 2 N–H and O–H groups in total. The highest BCUT2D eigenvalue weighted by Gasteiger charge is 2.67. The molecule has 3 aliphatic rings. The van der Waals surface area contributed by atoms with Crippen molar-refractivity contribution in [2.75, 3.05) is 83.9 Å². The zero-order valence-corrected chi connectivity index (χ0v) is 51.8. The average molecular weight is 1320 g/mol. The van der Waals surface area contributed by atoms with Gasteiger partial charge in [0.05, 0.1) is 71.2 Å². The zero-order chi connectivity index (χ0) is 55.0. The number of rotatable bonds is 6. The van der Waals surface area contributed by atoms with Crippen molar-refractivity contribution in [2.24, 2.45) is 0 Å². The summed E-state index contributed by atoms with van der Waals surface area (Å²) in [6, 6.07) is 45.5. The molecule has 0 saturated carbocycles. The van der Waals surface area contributed by atoms with Crippen molar-refractivity contribution in [1.29, 1.82) is 0 Å². The highest BCUT2D eigenvalue weighted by Crippen LogP contribution is 2.35. The van der Waals surface area contributed by atoms with Gasteiger partial charge in [0.15, 0.2) is 0 Å². The second-order valence-corrected chi connectivity index (χ2v) is 29.2. The molecule has 410 valence electrons. The first kappa shape index (κ1) is 60.2. The summed E-state index contributed by atoms with van der Waals surface area (Å²) in [6.07, 6.45) is 3.53. The largest absolute Gasteiger partial charge is 0.527 e. The third-order valence-electron chi connectivity index (χ3n) is 12.9. The lowest BCUT2D eigenvalue weighted by Crippen LogP contribution is -2.71. The maximum Gasteiger partial charge on any atom is 0.527 e. The number of hydrogen-bond acceptors (Lipinski definition) is 13. The van der Waals surface area contributed by atoms with Crippen LogP contribution in [0.25, 0.3) is 0 Å². The van der Waals surface area contributed by atoms with Gasteiger partial charge in [-0.3, -0.25) is 4.90 Å². The van der Waals surface area contributed by atoms with Gasteiger partial charge in [-0.1, -0.05) is 126 Å². The molecule has 13 nitrogen and oxygen atoms in total. The summed E-state index contributed by atoms with van der Waals surface area (Å²) in [4.78, 5) is 28.6. The smallest absolute Gasteiger partial charge is 0.387 e. The van der Waals surface area contributed by atoms with Crippen molar-refractivity contribution in [3.05, 3.63) is 186 Å². The number of fused-ring (bicyclic) bond motifs is 2. The Morgan fingerprint density at radius 2 is 0.910 bits per heavy atom. The van der Waals surface area contributed by atoms with Gasteiger partial charge in [-0.15, -0.1) is 6.42 Å². The molecule has 6 atom stereocenters. The fourth-order valence-corrected chi connectivity index (χ4v) is 19.9. The Kier molecular flexibility index (Phi) is 22.6. The lowest BCUT2D eigenvalue weighted by Gasteiger charge is -2.36. The van der Waals surface area contributed by atoms with Gasteiger partial charge in [-0.2, -0.15) is 0 Å². The number of nitrogens with zero attached hydrogens (tertiary/aromatic N) is 2. The van der Waals surface area contributed by atoms with Crippen LogP contribution >= 0.6 is 59.4 Å². The van der Waals surface area contributed by atoms with Gasteiger partial charge in [-0.25, -0.2) is 0 Å². The van der Waals surface area contributed by atoms with Crippen molar-refractivity contribution in [2.45, 2.75) is 38.7 Å². The van der Waals surface area contributed by atoms with Gasteiger partial charge in [0, 0.05) is 89.1 Å². The number of anilines is 1. The Hall–Kier alpha value is -3.86. The van der Waals surface area contributed by atoms with E-state index in [1.807, 2.05) is 111 Å². The minimum atomic E-state index is -4.10. The van der Waals surface area contributed by atoms with Crippen LogP contribution in [0, 0.1) is 24.2 Å². The van der Waals surface area contributed by atoms with Crippen LogP contribution < -0.4 is 20.5 Å². The Balaban J connectivity index is 0.000000208. The predicted molar refractivity (Wildman–Crippen MR) is 320 cm³/mol. The molecule has 3 fully saturated rings. The van der Waals surface area contributed by atoms with Gasteiger partial charge < -0.3 is 54.9 Å². The van der Waals surface area contributed by atoms with Crippen LogP contribution in [0.2, 0.25) is 5.02 Å². The molecule has 9 rings (SSSR count). The second kappa shape index (κ2) is 29.2. The van der Waals surface area contributed by atoms with Gasteiger partial charge in [0.2, 0.25) is 0 Å². The monoisotopic (exact) mass is 1320 g/mol. The number of ether oxygens (including phenoxy) is 4. The fraction of sp³-hybridized carbons (Fsp3) is 0.310. The molecule has 0 aromatic heterocycles. The molecule has 0 amide bonds. The molecule has 78 heavy (non-hydrogen) atoms. The summed E-state index contributed by atoms with van der Waals surface area (Å²) >= 11 is 16.4. The van der Waals surface area contributed by atoms with Gasteiger partial charge in [-0.05, 0) is 116 Å². The molecule has 20 heteroatoms. The van der Waals surface area contributed by atoms with Crippen LogP contribution in [0.5, 0.6) is 0 Å². The normalized spacial score (nSPS) is 25.0. The van der Waals surface area contributed by atoms with E-state index in [1.54, 1.807) is 24.3 Å². The molecule has 3 saturated heterocycles. The minimum absolute atomic E-state index is 0.502. The summed E-state index contributed by atoms with van der Waals surface area (Å²) in [5, 5.41) is 2.33. The first-order valence-electron chi connectivity index (χ1n) is 25.6. The quantitative estimate of drug-likeness (QED) is 0.123.